The normalized spacial score (nSPS) is 47.0. The third-order valence-corrected chi connectivity index (χ3v) is 7.27. The summed E-state index contributed by atoms with van der Waals surface area (Å²) in [6, 6.07) is 0. The zero-order chi connectivity index (χ0) is 13.9. The third kappa shape index (κ3) is 3.66. The standard InChI is InChI=1S/C18H34B2/c19-17-9-5-15(6-10-17)13-1-2-14(4-3-13)16-7-11-18(20)12-8-16/h13-18H,1-12,19-20H2. The molecule has 0 nitrogen and oxygen atoms in total. The van der Waals surface area contributed by atoms with Gasteiger partial charge in [-0.25, -0.2) is 0 Å². The molecule has 3 aliphatic rings. The largest absolute Gasteiger partial charge is 0.105 e. The molecule has 0 amide bonds. The predicted molar refractivity (Wildman–Crippen MR) is 94.0 cm³/mol. The van der Waals surface area contributed by atoms with Crippen LogP contribution >= 0.6 is 0 Å². The molecule has 0 atom stereocenters. The fourth-order valence-electron chi connectivity index (χ4n) is 5.60. The molecule has 0 unspecified atom stereocenters. The maximum absolute atomic E-state index is 2.46. The molecule has 112 valence electrons. The van der Waals surface area contributed by atoms with Gasteiger partial charge in [0.15, 0.2) is 0 Å². The van der Waals surface area contributed by atoms with Crippen LogP contribution < -0.4 is 0 Å². The zero-order valence-electron chi connectivity index (χ0n) is 13.9. The summed E-state index contributed by atoms with van der Waals surface area (Å²) in [5.41, 5.74) is 0. The van der Waals surface area contributed by atoms with Gasteiger partial charge in [0.25, 0.3) is 0 Å². The molecule has 0 radical (unpaired) electrons. The van der Waals surface area contributed by atoms with Gasteiger partial charge in [-0.1, -0.05) is 63.0 Å². The van der Waals surface area contributed by atoms with Crippen LogP contribution in [0.5, 0.6) is 0 Å². The number of hydrogen-bond acceptors (Lipinski definition) is 0. The van der Waals surface area contributed by atoms with E-state index in [9.17, 15) is 0 Å². The molecule has 3 aliphatic carbocycles. The molecule has 0 saturated heterocycles. The highest BCUT2D eigenvalue weighted by molar-refractivity contribution is 6.11. The molecule has 3 fully saturated rings. The first-order valence-corrected chi connectivity index (χ1v) is 9.72. The Balaban J connectivity index is 1.42. The van der Waals surface area contributed by atoms with E-state index in [4.69, 9.17) is 0 Å². The van der Waals surface area contributed by atoms with E-state index in [0.717, 1.165) is 35.3 Å². The van der Waals surface area contributed by atoms with E-state index in [-0.39, 0.29) is 0 Å². The highest BCUT2D eigenvalue weighted by Gasteiger charge is 2.33. The van der Waals surface area contributed by atoms with Gasteiger partial charge in [0.1, 0.15) is 15.7 Å². The van der Waals surface area contributed by atoms with Gasteiger partial charge in [0.05, 0.1) is 0 Å². The monoisotopic (exact) mass is 272 g/mol. The summed E-state index contributed by atoms with van der Waals surface area (Å²) in [5.74, 6) is 6.48. The lowest BCUT2D eigenvalue weighted by atomic mass is 9.62. The van der Waals surface area contributed by atoms with Crippen LogP contribution in [0.15, 0.2) is 0 Å². The summed E-state index contributed by atoms with van der Waals surface area (Å²) in [4.78, 5) is 0. The van der Waals surface area contributed by atoms with Gasteiger partial charge < -0.3 is 0 Å². The fourth-order valence-corrected chi connectivity index (χ4v) is 5.60. The lowest BCUT2D eigenvalue weighted by molar-refractivity contribution is 0.123. The van der Waals surface area contributed by atoms with Crippen molar-refractivity contribution in [2.45, 2.75) is 88.7 Å². The Bertz CT molecular complexity index is 250. The SMILES string of the molecule is BC1CCC(C2CCC(C3CCC(B)CC3)CC2)CC1. The average molecular weight is 272 g/mol. The van der Waals surface area contributed by atoms with Crippen molar-refractivity contribution in [1.82, 2.24) is 0 Å². The molecule has 0 spiro atoms. The van der Waals surface area contributed by atoms with Crippen LogP contribution in [0.2, 0.25) is 11.6 Å². The molecule has 0 bridgehead atoms. The smallest absolute Gasteiger partial charge is 0.0697 e. The van der Waals surface area contributed by atoms with Gasteiger partial charge in [-0.2, -0.15) is 0 Å². The van der Waals surface area contributed by atoms with E-state index >= 15 is 0 Å². The van der Waals surface area contributed by atoms with Crippen molar-refractivity contribution in [1.29, 1.82) is 0 Å². The molecule has 0 aromatic heterocycles. The van der Waals surface area contributed by atoms with E-state index in [0.29, 0.717) is 0 Å². The van der Waals surface area contributed by atoms with Crippen molar-refractivity contribution >= 4 is 15.7 Å². The quantitative estimate of drug-likeness (QED) is 0.666. The maximum Gasteiger partial charge on any atom is 0.105 e. The van der Waals surface area contributed by atoms with Crippen molar-refractivity contribution in [2.75, 3.05) is 0 Å². The summed E-state index contributed by atoms with van der Waals surface area (Å²) in [6.45, 7) is 0. The Morgan fingerprint density at radius 3 is 0.800 bits per heavy atom. The summed E-state index contributed by atoms with van der Waals surface area (Å²) < 4.78 is 0. The van der Waals surface area contributed by atoms with Crippen LogP contribution in [0, 0.1) is 23.7 Å². The molecule has 2 heteroatoms. The van der Waals surface area contributed by atoms with E-state index in [1.165, 1.54) is 25.7 Å². The van der Waals surface area contributed by atoms with Crippen molar-refractivity contribution in [2.24, 2.45) is 23.7 Å². The van der Waals surface area contributed by atoms with Crippen molar-refractivity contribution < 1.29 is 0 Å². The molecular weight excluding hydrogens is 238 g/mol. The van der Waals surface area contributed by atoms with E-state index in [1.54, 1.807) is 51.4 Å². The minimum Gasteiger partial charge on any atom is -0.0697 e. The van der Waals surface area contributed by atoms with Crippen molar-refractivity contribution in [3.63, 3.8) is 0 Å². The molecule has 0 aliphatic heterocycles. The first-order chi connectivity index (χ1) is 9.72. The van der Waals surface area contributed by atoms with Crippen LogP contribution in [-0.2, 0) is 0 Å². The van der Waals surface area contributed by atoms with Crippen molar-refractivity contribution in [3.05, 3.63) is 0 Å². The van der Waals surface area contributed by atoms with E-state index in [2.05, 4.69) is 15.7 Å². The minimum atomic E-state index is 1.02. The Hall–Kier alpha value is 0.130. The van der Waals surface area contributed by atoms with Crippen molar-refractivity contribution in [3.8, 4) is 0 Å². The molecule has 0 heterocycles. The second-order valence-corrected chi connectivity index (χ2v) is 8.71. The summed E-state index contributed by atoms with van der Waals surface area (Å²) in [5, 5.41) is 0. The lowest BCUT2D eigenvalue weighted by Gasteiger charge is -2.41. The summed E-state index contributed by atoms with van der Waals surface area (Å²) in [6.07, 6.45) is 18.6. The molecule has 0 N–H and O–H groups in total. The van der Waals surface area contributed by atoms with Crippen LogP contribution in [0.1, 0.15) is 77.0 Å². The average Bonchev–Trinajstić information content (AvgIpc) is 2.49. The Morgan fingerprint density at radius 2 is 0.550 bits per heavy atom. The summed E-state index contributed by atoms with van der Waals surface area (Å²) >= 11 is 0. The topological polar surface area (TPSA) is 0 Å². The zero-order valence-corrected chi connectivity index (χ0v) is 13.9. The summed E-state index contributed by atoms with van der Waals surface area (Å²) in [7, 11) is 4.91. The number of hydrogen-bond donors (Lipinski definition) is 0. The highest BCUT2D eigenvalue weighted by atomic mass is 14.4. The van der Waals surface area contributed by atoms with Crippen LogP contribution in [-0.4, -0.2) is 15.7 Å². The van der Waals surface area contributed by atoms with E-state index in [1.807, 2.05) is 0 Å². The molecule has 3 saturated carbocycles. The number of rotatable bonds is 2. The fraction of sp³-hybridized carbons (Fsp3) is 1.00. The first-order valence-electron chi connectivity index (χ1n) is 9.72. The second-order valence-electron chi connectivity index (χ2n) is 8.71. The van der Waals surface area contributed by atoms with E-state index < -0.39 is 0 Å². The third-order valence-electron chi connectivity index (χ3n) is 7.27. The van der Waals surface area contributed by atoms with Gasteiger partial charge in [-0.3, -0.25) is 0 Å². The van der Waals surface area contributed by atoms with Crippen LogP contribution in [0.25, 0.3) is 0 Å². The lowest BCUT2D eigenvalue weighted by Crippen LogP contribution is -2.28. The van der Waals surface area contributed by atoms with Gasteiger partial charge in [-0.15, -0.1) is 0 Å². The van der Waals surface area contributed by atoms with Crippen LogP contribution in [0.3, 0.4) is 0 Å². The predicted octanol–water partition coefficient (Wildman–Crippen LogP) is 4.02. The first kappa shape index (κ1) is 15.0. The highest BCUT2D eigenvalue weighted by Crippen LogP contribution is 2.46. The minimum absolute atomic E-state index is 1.02. The van der Waals surface area contributed by atoms with Gasteiger partial charge in [0, 0.05) is 0 Å². The molecular formula is C18H34B2. The second kappa shape index (κ2) is 6.93. The molecule has 0 aromatic rings. The molecule has 20 heavy (non-hydrogen) atoms. The molecule has 0 aromatic carbocycles. The Morgan fingerprint density at radius 1 is 0.350 bits per heavy atom. The van der Waals surface area contributed by atoms with Gasteiger partial charge in [-0.05, 0) is 49.4 Å². The van der Waals surface area contributed by atoms with Gasteiger partial charge in [0.2, 0.25) is 0 Å². The maximum atomic E-state index is 2.46. The molecule has 3 rings (SSSR count). The Labute approximate surface area is 128 Å². The Kier molecular flexibility index (Phi) is 5.21. The van der Waals surface area contributed by atoms with Gasteiger partial charge >= 0.3 is 0 Å². The van der Waals surface area contributed by atoms with Crippen LogP contribution in [0.4, 0.5) is 0 Å².